The number of para-hydroxylation sites is 2. The normalized spacial score (nSPS) is 12.7. The minimum absolute atomic E-state index is 0.689. The van der Waals surface area contributed by atoms with Crippen LogP contribution in [0, 0.1) is 0 Å². The summed E-state index contributed by atoms with van der Waals surface area (Å²) in [5, 5.41) is 9.99. The lowest BCUT2D eigenvalue weighted by molar-refractivity contribution is 0.0744. The van der Waals surface area contributed by atoms with E-state index in [-0.39, 0.29) is 0 Å². The number of benzene rings is 1. The first-order valence-corrected chi connectivity index (χ1v) is 5.64. The Morgan fingerprint density at radius 3 is 2.47 bits per heavy atom. The van der Waals surface area contributed by atoms with Crippen LogP contribution in [0.5, 0.6) is 0 Å². The summed E-state index contributed by atoms with van der Waals surface area (Å²) in [6.45, 7) is 3.49. The quantitative estimate of drug-likeness (QED) is 0.694. The third-order valence-corrected chi connectivity index (χ3v) is 3.12. The average Bonchev–Trinajstić information content (AvgIpc) is 2.80. The fraction of sp³-hybridized carbons (Fsp3) is 0.308. The molecular weight excluding hydrogens is 214 g/mol. The lowest BCUT2D eigenvalue weighted by atomic mass is 10.1. The number of rotatable bonds is 1. The molecule has 1 N–H and O–H groups in total. The van der Waals surface area contributed by atoms with E-state index in [4.69, 9.17) is 0 Å². The van der Waals surface area contributed by atoms with Gasteiger partial charge < -0.3 is 9.67 Å². The van der Waals surface area contributed by atoms with E-state index < -0.39 is 5.60 Å². The topological polar surface area (TPSA) is 42.5 Å². The standard InChI is InChI=1S/C13H15N3O/c1-13(2,17)11-8-16-10-7-5-4-6-9(10)15(3)12(16)14-11/h4-8,17H,1-3H3. The second-order valence-corrected chi connectivity index (χ2v) is 4.90. The van der Waals surface area contributed by atoms with Gasteiger partial charge in [-0.1, -0.05) is 12.1 Å². The molecule has 0 unspecified atom stereocenters. The number of nitrogens with zero attached hydrogens (tertiary/aromatic N) is 3. The Morgan fingerprint density at radius 1 is 1.18 bits per heavy atom. The van der Waals surface area contributed by atoms with Gasteiger partial charge >= 0.3 is 0 Å². The molecule has 0 spiro atoms. The third kappa shape index (κ3) is 1.37. The van der Waals surface area contributed by atoms with E-state index in [9.17, 15) is 5.11 Å². The van der Waals surface area contributed by atoms with Crippen LogP contribution in [0.25, 0.3) is 16.8 Å². The first kappa shape index (κ1) is 10.4. The van der Waals surface area contributed by atoms with Gasteiger partial charge in [0.05, 0.1) is 16.7 Å². The van der Waals surface area contributed by atoms with E-state index in [1.165, 1.54) is 0 Å². The number of hydrogen-bond donors (Lipinski definition) is 1. The van der Waals surface area contributed by atoms with Crippen molar-refractivity contribution >= 4 is 16.8 Å². The summed E-state index contributed by atoms with van der Waals surface area (Å²) in [4.78, 5) is 4.50. The number of hydrogen-bond acceptors (Lipinski definition) is 2. The molecule has 0 saturated carbocycles. The lowest BCUT2D eigenvalue weighted by Gasteiger charge is -2.12. The Labute approximate surface area is 99.1 Å². The first-order valence-electron chi connectivity index (χ1n) is 5.64. The van der Waals surface area contributed by atoms with Crippen molar-refractivity contribution in [3.63, 3.8) is 0 Å². The van der Waals surface area contributed by atoms with Crippen LogP contribution in [0.3, 0.4) is 0 Å². The molecule has 0 radical (unpaired) electrons. The second-order valence-electron chi connectivity index (χ2n) is 4.90. The van der Waals surface area contributed by atoms with Gasteiger partial charge in [0.15, 0.2) is 0 Å². The largest absolute Gasteiger partial charge is 0.384 e. The van der Waals surface area contributed by atoms with Crippen molar-refractivity contribution in [1.29, 1.82) is 0 Å². The minimum atomic E-state index is -0.910. The highest BCUT2D eigenvalue weighted by molar-refractivity contribution is 5.80. The summed E-state index contributed by atoms with van der Waals surface area (Å²) in [7, 11) is 1.98. The maximum absolute atomic E-state index is 9.99. The summed E-state index contributed by atoms with van der Waals surface area (Å²) < 4.78 is 4.05. The van der Waals surface area contributed by atoms with Gasteiger partial charge in [0, 0.05) is 13.2 Å². The molecule has 0 aliphatic rings. The smallest absolute Gasteiger partial charge is 0.214 e. The Morgan fingerprint density at radius 2 is 1.82 bits per heavy atom. The summed E-state index contributed by atoms with van der Waals surface area (Å²) in [5.41, 5.74) is 2.02. The number of fused-ring (bicyclic) bond motifs is 3. The Bertz CT molecular complexity index is 700. The Balaban J connectivity index is 2.42. The highest BCUT2D eigenvalue weighted by Gasteiger charge is 2.21. The molecule has 0 atom stereocenters. The number of aliphatic hydroxyl groups is 1. The van der Waals surface area contributed by atoms with Crippen LogP contribution in [0.2, 0.25) is 0 Å². The molecule has 0 fully saturated rings. The van der Waals surface area contributed by atoms with Crippen molar-refractivity contribution < 1.29 is 5.11 Å². The van der Waals surface area contributed by atoms with Gasteiger partial charge in [-0.05, 0) is 26.0 Å². The predicted molar refractivity (Wildman–Crippen MR) is 66.9 cm³/mol. The van der Waals surface area contributed by atoms with Crippen LogP contribution in [0.1, 0.15) is 19.5 Å². The second kappa shape index (κ2) is 3.11. The van der Waals surface area contributed by atoms with Crippen molar-refractivity contribution in [2.24, 2.45) is 7.05 Å². The van der Waals surface area contributed by atoms with Crippen LogP contribution in [-0.4, -0.2) is 19.1 Å². The van der Waals surface area contributed by atoms with Crippen molar-refractivity contribution in [1.82, 2.24) is 14.0 Å². The molecule has 1 aromatic carbocycles. The van der Waals surface area contributed by atoms with Gasteiger partial charge in [0.1, 0.15) is 5.60 Å². The zero-order valence-electron chi connectivity index (χ0n) is 10.2. The molecule has 2 aromatic heterocycles. The van der Waals surface area contributed by atoms with Crippen LogP contribution in [0.15, 0.2) is 30.5 Å². The summed E-state index contributed by atoms with van der Waals surface area (Å²) in [6.07, 6.45) is 1.90. The van der Waals surface area contributed by atoms with Gasteiger partial charge in [0.2, 0.25) is 5.78 Å². The molecule has 17 heavy (non-hydrogen) atoms. The van der Waals surface area contributed by atoms with Crippen LogP contribution in [0.4, 0.5) is 0 Å². The fourth-order valence-corrected chi connectivity index (χ4v) is 2.14. The molecular formula is C13H15N3O. The van der Waals surface area contributed by atoms with E-state index >= 15 is 0 Å². The third-order valence-electron chi connectivity index (χ3n) is 3.12. The molecule has 0 aliphatic heterocycles. The van der Waals surface area contributed by atoms with Crippen molar-refractivity contribution in [2.45, 2.75) is 19.4 Å². The highest BCUT2D eigenvalue weighted by atomic mass is 16.3. The van der Waals surface area contributed by atoms with Gasteiger partial charge in [-0.2, -0.15) is 0 Å². The summed E-state index contributed by atoms with van der Waals surface area (Å²) in [6, 6.07) is 8.14. The van der Waals surface area contributed by atoms with Crippen LogP contribution >= 0.6 is 0 Å². The van der Waals surface area contributed by atoms with Crippen molar-refractivity contribution in [3.05, 3.63) is 36.2 Å². The van der Waals surface area contributed by atoms with Gasteiger partial charge in [-0.3, -0.25) is 4.40 Å². The fourth-order valence-electron chi connectivity index (χ4n) is 2.14. The molecule has 0 bridgehead atoms. The monoisotopic (exact) mass is 229 g/mol. The van der Waals surface area contributed by atoms with Gasteiger partial charge in [-0.25, -0.2) is 4.98 Å². The Kier molecular flexibility index (Phi) is 1.89. The lowest BCUT2D eigenvalue weighted by Crippen LogP contribution is -2.15. The molecule has 0 saturated heterocycles. The molecule has 2 heterocycles. The number of aromatic nitrogens is 3. The molecule has 0 amide bonds. The van der Waals surface area contributed by atoms with Gasteiger partial charge in [0.25, 0.3) is 0 Å². The molecule has 4 heteroatoms. The highest BCUT2D eigenvalue weighted by Crippen LogP contribution is 2.24. The maximum Gasteiger partial charge on any atom is 0.214 e. The van der Waals surface area contributed by atoms with Crippen molar-refractivity contribution in [2.75, 3.05) is 0 Å². The average molecular weight is 229 g/mol. The minimum Gasteiger partial charge on any atom is -0.384 e. The van der Waals surface area contributed by atoms with Crippen LogP contribution in [-0.2, 0) is 12.6 Å². The Hall–Kier alpha value is -1.81. The molecule has 3 aromatic rings. The maximum atomic E-state index is 9.99. The molecule has 3 rings (SSSR count). The first-order chi connectivity index (χ1) is 7.98. The van der Waals surface area contributed by atoms with E-state index in [1.807, 2.05) is 34.3 Å². The van der Waals surface area contributed by atoms with E-state index in [0.29, 0.717) is 5.69 Å². The predicted octanol–water partition coefficient (Wildman–Crippen LogP) is 2.05. The number of aryl methyl sites for hydroxylation is 1. The van der Waals surface area contributed by atoms with E-state index in [2.05, 4.69) is 17.1 Å². The zero-order chi connectivity index (χ0) is 12.2. The summed E-state index contributed by atoms with van der Waals surface area (Å²) >= 11 is 0. The molecule has 0 aliphatic carbocycles. The number of imidazole rings is 2. The van der Waals surface area contributed by atoms with Gasteiger partial charge in [-0.15, -0.1) is 0 Å². The SMILES string of the molecule is Cn1c2ccccc2n2cc(C(C)(C)O)nc12. The molecule has 4 nitrogen and oxygen atoms in total. The van der Waals surface area contributed by atoms with E-state index in [0.717, 1.165) is 16.8 Å². The van der Waals surface area contributed by atoms with E-state index in [1.54, 1.807) is 13.8 Å². The van der Waals surface area contributed by atoms with Crippen LogP contribution < -0.4 is 0 Å². The van der Waals surface area contributed by atoms with Crippen molar-refractivity contribution in [3.8, 4) is 0 Å². The summed E-state index contributed by atoms with van der Waals surface area (Å²) in [5.74, 6) is 0.850. The molecule has 88 valence electrons. The zero-order valence-corrected chi connectivity index (χ0v) is 10.2.